The van der Waals surface area contributed by atoms with E-state index in [0.717, 1.165) is 35.3 Å². The molecule has 0 aliphatic carbocycles. The Bertz CT molecular complexity index is 995. The summed E-state index contributed by atoms with van der Waals surface area (Å²) in [5.41, 5.74) is 3.53. The maximum absolute atomic E-state index is 11.9. The molecule has 3 aromatic rings. The third-order valence-electron chi connectivity index (χ3n) is 4.20. The van der Waals surface area contributed by atoms with Crippen LogP contribution in [0, 0.1) is 11.3 Å². The van der Waals surface area contributed by atoms with E-state index in [-0.39, 0.29) is 5.91 Å². The van der Waals surface area contributed by atoms with Crippen LogP contribution in [-0.4, -0.2) is 22.0 Å². The van der Waals surface area contributed by atoms with Crippen molar-refractivity contribution in [2.24, 2.45) is 7.05 Å². The van der Waals surface area contributed by atoms with E-state index in [1.807, 2.05) is 31.3 Å². The Morgan fingerprint density at radius 1 is 1.27 bits per heavy atom. The summed E-state index contributed by atoms with van der Waals surface area (Å²) in [6, 6.07) is 17.3. The van der Waals surface area contributed by atoms with Crippen LogP contribution in [0.5, 0.6) is 0 Å². The van der Waals surface area contributed by atoms with E-state index in [9.17, 15) is 4.79 Å². The van der Waals surface area contributed by atoms with E-state index in [0.29, 0.717) is 12.1 Å². The standard InChI is InChI=1S/C21H20N4O/c1-25-19-9-3-2-8-18(19)24-20(25)10-5-13-23-21(26)12-11-16-6-4-7-17(14-16)15-22/h2-4,6-9,11-12,14H,5,10,13H2,1H3,(H,23,26)/b12-11-. The molecule has 0 aliphatic heterocycles. The minimum absolute atomic E-state index is 0.141. The van der Waals surface area contributed by atoms with Crippen LogP contribution >= 0.6 is 0 Å². The van der Waals surface area contributed by atoms with Gasteiger partial charge in [0, 0.05) is 26.1 Å². The molecular weight excluding hydrogens is 324 g/mol. The third kappa shape index (κ3) is 4.17. The lowest BCUT2D eigenvalue weighted by molar-refractivity contribution is -0.116. The van der Waals surface area contributed by atoms with Crippen LogP contribution in [0.15, 0.2) is 54.6 Å². The molecule has 130 valence electrons. The number of hydrogen-bond acceptors (Lipinski definition) is 3. The molecule has 2 aromatic carbocycles. The van der Waals surface area contributed by atoms with E-state index in [1.54, 1.807) is 24.3 Å². The molecule has 0 spiro atoms. The zero-order valence-corrected chi connectivity index (χ0v) is 14.6. The van der Waals surface area contributed by atoms with Crippen molar-refractivity contribution < 1.29 is 4.79 Å². The minimum Gasteiger partial charge on any atom is -0.353 e. The predicted octanol–water partition coefficient (Wildman–Crippen LogP) is 3.21. The number of imidazole rings is 1. The van der Waals surface area contributed by atoms with Gasteiger partial charge in [-0.2, -0.15) is 5.26 Å². The van der Waals surface area contributed by atoms with Gasteiger partial charge in [-0.3, -0.25) is 4.79 Å². The molecule has 1 heterocycles. The van der Waals surface area contributed by atoms with Crippen molar-refractivity contribution in [2.75, 3.05) is 6.54 Å². The number of aromatic nitrogens is 2. The summed E-state index contributed by atoms with van der Waals surface area (Å²) in [5.74, 6) is 0.877. The van der Waals surface area contributed by atoms with E-state index < -0.39 is 0 Å². The molecule has 5 heteroatoms. The zero-order chi connectivity index (χ0) is 18.4. The number of rotatable bonds is 6. The first-order chi connectivity index (χ1) is 12.7. The molecule has 0 aliphatic rings. The number of carbonyl (C=O) groups excluding carboxylic acids is 1. The average Bonchev–Trinajstić information content (AvgIpc) is 3.00. The van der Waals surface area contributed by atoms with E-state index >= 15 is 0 Å². The molecule has 0 atom stereocenters. The fraction of sp³-hybridized carbons (Fsp3) is 0.190. The Labute approximate surface area is 152 Å². The lowest BCUT2D eigenvalue weighted by Gasteiger charge is -2.03. The van der Waals surface area contributed by atoms with Gasteiger partial charge >= 0.3 is 0 Å². The van der Waals surface area contributed by atoms with Gasteiger partial charge in [-0.1, -0.05) is 24.3 Å². The number of carbonyl (C=O) groups is 1. The number of aryl methyl sites for hydroxylation is 2. The van der Waals surface area contributed by atoms with Gasteiger partial charge in [0.25, 0.3) is 0 Å². The quantitative estimate of drug-likeness (QED) is 0.551. The van der Waals surface area contributed by atoms with Crippen LogP contribution in [0.1, 0.15) is 23.4 Å². The highest BCUT2D eigenvalue weighted by molar-refractivity contribution is 5.91. The van der Waals surface area contributed by atoms with Crippen molar-refractivity contribution in [2.45, 2.75) is 12.8 Å². The van der Waals surface area contributed by atoms with Crippen molar-refractivity contribution in [3.63, 3.8) is 0 Å². The Morgan fingerprint density at radius 2 is 2.12 bits per heavy atom. The second-order valence-electron chi connectivity index (χ2n) is 6.04. The molecule has 0 fully saturated rings. The molecule has 0 radical (unpaired) electrons. The highest BCUT2D eigenvalue weighted by atomic mass is 16.1. The van der Waals surface area contributed by atoms with E-state index in [2.05, 4.69) is 27.0 Å². The van der Waals surface area contributed by atoms with Crippen LogP contribution in [0.2, 0.25) is 0 Å². The number of nitriles is 1. The molecule has 1 amide bonds. The lowest BCUT2D eigenvalue weighted by atomic mass is 10.1. The van der Waals surface area contributed by atoms with E-state index in [4.69, 9.17) is 5.26 Å². The number of nitrogens with zero attached hydrogens (tertiary/aromatic N) is 3. The largest absolute Gasteiger partial charge is 0.353 e. The van der Waals surface area contributed by atoms with Gasteiger partial charge in [-0.25, -0.2) is 4.98 Å². The van der Waals surface area contributed by atoms with Crippen molar-refractivity contribution >= 4 is 23.0 Å². The van der Waals surface area contributed by atoms with Crippen molar-refractivity contribution in [1.29, 1.82) is 5.26 Å². The smallest absolute Gasteiger partial charge is 0.243 e. The number of fused-ring (bicyclic) bond motifs is 1. The number of benzene rings is 2. The van der Waals surface area contributed by atoms with Gasteiger partial charge in [0.15, 0.2) is 0 Å². The van der Waals surface area contributed by atoms with Gasteiger partial charge in [0.1, 0.15) is 5.82 Å². The SMILES string of the molecule is Cn1c(CCCNC(=O)/C=C\c2cccc(C#N)c2)nc2ccccc21. The first-order valence-electron chi connectivity index (χ1n) is 8.54. The minimum atomic E-state index is -0.141. The molecule has 0 unspecified atom stereocenters. The Morgan fingerprint density at radius 3 is 2.92 bits per heavy atom. The Hall–Kier alpha value is -3.39. The van der Waals surface area contributed by atoms with Crippen molar-refractivity contribution in [1.82, 2.24) is 14.9 Å². The summed E-state index contributed by atoms with van der Waals surface area (Å²) in [4.78, 5) is 16.5. The summed E-state index contributed by atoms with van der Waals surface area (Å²) < 4.78 is 2.10. The van der Waals surface area contributed by atoms with Gasteiger partial charge in [-0.05, 0) is 42.3 Å². The maximum Gasteiger partial charge on any atom is 0.243 e. The monoisotopic (exact) mass is 344 g/mol. The van der Waals surface area contributed by atoms with Crippen LogP contribution in [-0.2, 0) is 18.3 Å². The fourth-order valence-corrected chi connectivity index (χ4v) is 2.82. The highest BCUT2D eigenvalue weighted by Gasteiger charge is 2.06. The number of nitrogens with one attached hydrogen (secondary N) is 1. The first kappa shape index (κ1) is 17.4. The summed E-state index contributed by atoms with van der Waals surface area (Å²) in [7, 11) is 2.02. The third-order valence-corrected chi connectivity index (χ3v) is 4.20. The number of hydrogen-bond donors (Lipinski definition) is 1. The topological polar surface area (TPSA) is 70.7 Å². The first-order valence-corrected chi connectivity index (χ1v) is 8.54. The molecule has 0 saturated carbocycles. The molecule has 0 bridgehead atoms. The highest BCUT2D eigenvalue weighted by Crippen LogP contribution is 2.15. The second kappa shape index (κ2) is 8.13. The second-order valence-corrected chi connectivity index (χ2v) is 6.04. The number of para-hydroxylation sites is 2. The van der Waals surface area contributed by atoms with Crippen LogP contribution < -0.4 is 5.32 Å². The Balaban J connectivity index is 1.48. The number of amides is 1. The van der Waals surface area contributed by atoms with Gasteiger partial charge in [0.2, 0.25) is 5.91 Å². The lowest BCUT2D eigenvalue weighted by Crippen LogP contribution is -2.22. The molecule has 1 aromatic heterocycles. The van der Waals surface area contributed by atoms with Crippen LogP contribution in [0.25, 0.3) is 17.1 Å². The van der Waals surface area contributed by atoms with Crippen molar-refractivity contribution in [3.05, 3.63) is 71.6 Å². The summed E-state index contributed by atoms with van der Waals surface area (Å²) >= 11 is 0. The summed E-state index contributed by atoms with van der Waals surface area (Å²) in [6.45, 7) is 0.588. The Kier molecular flexibility index (Phi) is 5.45. The summed E-state index contributed by atoms with van der Waals surface area (Å²) in [6.07, 6.45) is 4.83. The predicted molar refractivity (Wildman–Crippen MR) is 102 cm³/mol. The van der Waals surface area contributed by atoms with Gasteiger partial charge in [0.05, 0.1) is 22.7 Å². The van der Waals surface area contributed by atoms with Crippen molar-refractivity contribution in [3.8, 4) is 6.07 Å². The molecule has 5 nitrogen and oxygen atoms in total. The zero-order valence-electron chi connectivity index (χ0n) is 14.6. The summed E-state index contributed by atoms with van der Waals surface area (Å²) in [5, 5.41) is 11.8. The normalized spacial score (nSPS) is 10.9. The maximum atomic E-state index is 11.9. The van der Waals surface area contributed by atoms with Gasteiger partial charge < -0.3 is 9.88 Å². The average molecular weight is 344 g/mol. The van der Waals surface area contributed by atoms with Crippen LogP contribution in [0.4, 0.5) is 0 Å². The van der Waals surface area contributed by atoms with Gasteiger partial charge in [-0.15, -0.1) is 0 Å². The van der Waals surface area contributed by atoms with Crippen LogP contribution in [0.3, 0.4) is 0 Å². The fourth-order valence-electron chi connectivity index (χ4n) is 2.82. The molecule has 3 rings (SSSR count). The molecular formula is C21H20N4O. The molecule has 1 N–H and O–H groups in total. The van der Waals surface area contributed by atoms with E-state index in [1.165, 1.54) is 6.08 Å². The molecule has 0 saturated heterocycles. The molecule has 26 heavy (non-hydrogen) atoms.